The van der Waals surface area contributed by atoms with E-state index in [4.69, 9.17) is 15.9 Å². The monoisotopic (exact) mass is 332 g/mol. The van der Waals surface area contributed by atoms with E-state index < -0.39 is 0 Å². The van der Waals surface area contributed by atoms with Gasteiger partial charge in [0.2, 0.25) is 0 Å². The number of ether oxygens (including phenoxy) is 2. The standard InChI is InChI=1S/C22H20O3/c1-2-17-6-11-19(12-7-17)21(23)15-10-18-8-13-20(14-9-18)25-22-5-3-4-16-24-22/h1,6-15,22H,3-5,16H2. The molecular weight excluding hydrogens is 312 g/mol. The van der Waals surface area contributed by atoms with Gasteiger partial charge in [0.05, 0.1) is 6.61 Å². The number of carbonyl (C=O) groups excluding carboxylic acids is 1. The number of terminal acetylenes is 1. The number of benzene rings is 2. The molecule has 3 heteroatoms. The van der Waals surface area contributed by atoms with Crippen LogP contribution in [0.4, 0.5) is 0 Å². The Morgan fingerprint density at radius 3 is 2.52 bits per heavy atom. The van der Waals surface area contributed by atoms with E-state index in [0.29, 0.717) is 5.56 Å². The number of hydrogen-bond acceptors (Lipinski definition) is 3. The highest BCUT2D eigenvalue weighted by Gasteiger charge is 2.14. The molecule has 0 aliphatic carbocycles. The molecule has 0 N–H and O–H groups in total. The molecule has 1 fully saturated rings. The molecule has 3 nitrogen and oxygen atoms in total. The van der Waals surface area contributed by atoms with Gasteiger partial charge in [0.15, 0.2) is 12.1 Å². The van der Waals surface area contributed by atoms with E-state index in [1.165, 1.54) is 0 Å². The predicted molar refractivity (Wildman–Crippen MR) is 98.4 cm³/mol. The van der Waals surface area contributed by atoms with Crippen molar-refractivity contribution >= 4 is 11.9 Å². The third-order valence-electron chi connectivity index (χ3n) is 4.05. The van der Waals surface area contributed by atoms with Crippen molar-refractivity contribution < 1.29 is 14.3 Å². The van der Waals surface area contributed by atoms with Crippen LogP contribution in [0, 0.1) is 12.3 Å². The van der Waals surface area contributed by atoms with Crippen molar-refractivity contribution in [2.24, 2.45) is 0 Å². The van der Waals surface area contributed by atoms with Crippen LogP contribution in [0.5, 0.6) is 5.75 Å². The van der Waals surface area contributed by atoms with Gasteiger partial charge in [-0.05, 0) is 60.9 Å². The number of ketones is 1. The van der Waals surface area contributed by atoms with Crippen LogP contribution in [0.1, 0.15) is 40.7 Å². The van der Waals surface area contributed by atoms with Crippen molar-refractivity contribution in [3.63, 3.8) is 0 Å². The third-order valence-corrected chi connectivity index (χ3v) is 4.05. The van der Waals surface area contributed by atoms with Crippen LogP contribution in [0.25, 0.3) is 6.08 Å². The Morgan fingerprint density at radius 1 is 1.12 bits per heavy atom. The molecule has 0 amide bonds. The summed E-state index contributed by atoms with van der Waals surface area (Å²) in [7, 11) is 0. The molecule has 1 unspecified atom stereocenters. The molecule has 0 saturated carbocycles. The average molecular weight is 332 g/mol. The van der Waals surface area contributed by atoms with E-state index in [2.05, 4.69) is 5.92 Å². The first-order chi connectivity index (χ1) is 12.2. The first kappa shape index (κ1) is 17.0. The van der Waals surface area contributed by atoms with Crippen LogP contribution in [-0.4, -0.2) is 18.7 Å². The summed E-state index contributed by atoms with van der Waals surface area (Å²) in [6, 6.07) is 14.6. The Labute approximate surface area is 148 Å². The summed E-state index contributed by atoms with van der Waals surface area (Å²) in [4.78, 5) is 12.2. The molecule has 1 atom stereocenters. The first-order valence-corrected chi connectivity index (χ1v) is 8.42. The number of hydrogen-bond donors (Lipinski definition) is 0. The van der Waals surface area contributed by atoms with Crippen LogP contribution in [0.2, 0.25) is 0 Å². The molecule has 0 spiro atoms. The summed E-state index contributed by atoms with van der Waals surface area (Å²) in [5.74, 6) is 3.26. The maximum atomic E-state index is 12.2. The highest BCUT2D eigenvalue weighted by molar-refractivity contribution is 6.06. The molecule has 126 valence electrons. The van der Waals surface area contributed by atoms with Gasteiger partial charge >= 0.3 is 0 Å². The fourth-order valence-corrected chi connectivity index (χ4v) is 2.61. The molecule has 2 aromatic carbocycles. The average Bonchev–Trinajstić information content (AvgIpc) is 2.68. The normalized spacial score (nSPS) is 17.2. The molecule has 1 heterocycles. The summed E-state index contributed by atoms with van der Waals surface area (Å²) in [6.07, 6.45) is 11.7. The minimum absolute atomic E-state index is 0.0560. The van der Waals surface area contributed by atoms with Gasteiger partial charge < -0.3 is 9.47 Å². The van der Waals surface area contributed by atoms with Crippen LogP contribution in [0.3, 0.4) is 0 Å². The lowest BCUT2D eigenvalue weighted by atomic mass is 10.1. The van der Waals surface area contributed by atoms with E-state index in [1.807, 2.05) is 24.3 Å². The van der Waals surface area contributed by atoms with E-state index in [1.54, 1.807) is 36.4 Å². The molecule has 2 aromatic rings. The van der Waals surface area contributed by atoms with Crippen molar-refractivity contribution in [1.82, 2.24) is 0 Å². The molecule has 3 rings (SSSR count). The van der Waals surface area contributed by atoms with Gasteiger partial charge in [-0.1, -0.05) is 24.1 Å². The molecule has 0 radical (unpaired) electrons. The van der Waals surface area contributed by atoms with Gasteiger partial charge in [0.1, 0.15) is 5.75 Å². The molecular formula is C22H20O3. The predicted octanol–water partition coefficient (Wildman–Crippen LogP) is 4.47. The Bertz CT molecular complexity index is 774. The largest absolute Gasteiger partial charge is 0.465 e. The topological polar surface area (TPSA) is 35.5 Å². The van der Waals surface area contributed by atoms with E-state index in [-0.39, 0.29) is 12.1 Å². The zero-order chi connectivity index (χ0) is 17.5. The van der Waals surface area contributed by atoms with Crippen molar-refractivity contribution in [2.75, 3.05) is 6.61 Å². The Balaban J connectivity index is 1.59. The van der Waals surface area contributed by atoms with Gasteiger partial charge in [-0.25, -0.2) is 0 Å². The third kappa shape index (κ3) is 4.82. The number of carbonyl (C=O) groups is 1. The minimum Gasteiger partial charge on any atom is -0.465 e. The molecule has 1 saturated heterocycles. The zero-order valence-electron chi connectivity index (χ0n) is 14.0. The van der Waals surface area contributed by atoms with Gasteiger partial charge in [-0.3, -0.25) is 4.79 Å². The smallest absolute Gasteiger partial charge is 0.199 e. The van der Waals surface area contributed by atoms with Crippen LogP contribution in [-0.2, 0) is 4.74 Å². The lowest BCUT2D eigenvalue weighted by Crippen LogP contribution is -2.24. The number of rotatable bonds is 5. The van der Waals surface area contributed by atoms with Gasteiger partial charge in [-0.2, -0.15) is 0 Å². The minimum atomic E-state index is -0.150. The Kier molecular flexibility index (Phi) is 5.66. The van der Waals surface area contributed by atoms with E-state index >= 15 is 0 Å². The maximum absolute atomic E-state index is 12.2. The second-order valence-corrected chi connectivity index (χ2v) is 5.90. The van der Waals surface area contributed by atoms with Crippen LogP contribution in [0.15, 0.2) is 54.6 Å². The van der Waals surface area contributed by atoms with Gasteiger partial charge in [-0.15, -0.1) is 6.42 Å². The fraction of sp³-hybridized carbons (Fsp3) is 0.227. The summed E-state index contributed by atoms with van der Waals surface area (Å²) < 4.78 is 11.4. The van der Waals surface area contributed by atoms with E-state index in [0.717, 1.165) is 42.7 Å². The summed E-state index contributed by atoms with van der Waals surface area (Å²) in [5.41, 5.74) is 2.31. The molecule has 1 aliphatic heterocycles. The second kappa shape index (κ2) is 8.32. The quantitative estimate of drug-likeness (QED) is 0.460. The van der Waals surface area contributed by atoms with Crippen molar-refractivity contribution in [1.29, 1.82) is 0 Å². The zero-order valence-corrected chi connectivity index (χ0v) is 14.0. The van der Waals surface area contributed by atoms with Gasteiger partial charge in [0.25, 0.3) is 0 Å². The number of allylic oxidation sites excluding steroid dienone is 1. The van der Waals surface area contributed by atoms with Crippen molar-refractivity contribution in [3.05, 3.63) is 71.3 Å². The fourth-order valence-electron chi connectivity index (χ4n) is 2.61. The van der Waals surface area contributed by atoms with E-state index in [9.17, 15) is 4.79 Å². The summed E-state index contributed by atoms with van der Waals surface area (Å²) in [6.45, 7) is 0.760. The van der Waals surface area contributed by atoms with Crippen molar-refractivity contribution in [3.8, 4) is 18.1 Å². The highest BCUT2D eigenvalue weighted by atomic mass is 16.7. The summed E-state index contributed by atoms with van der Waals surface area (Å²) in [5, 5.41) is 0. The highest BCUT2D eigenvalue weighted by Crippen LogP contribution is 2.20. The first-order valence-electron chi connectivity index (χ1n) is 8.42. The molecule has 0 bridgehead atoms. The van der Waals surface area contributed by atoms with Crippen molar-refractivity contribution in [2.45, 2.75) is 25.6 Å². The van der Waals surface area contributed by atoms with Gasteiger partial charge in [0, 0.05) is 17.5 Å². The lowest BCUT2D eigenvalue weighted by Gasteiger charge is -2.23. The Hall–Kier alpha value is -2.83. The molecule has 25 heavy (non-hydrogen) atoms. The molecule has 1 aliphatic rings. The van der Waals surface area contributed by atoms with Crippen LogP contribution >= 0.6 is 0 Å². The SMILES string of the molecule is C#Cc1ccc(C(=O)C=Cc2ccc(OC3CCCCO3)cc2)cc1. The Morgan fingerprint density at radius 2 is 1.88 bits per heavy atom. The molecule has 0 aromatic heterocycles. The maximum Gasteiger partial charge on any atom is 0.199 e. The second-order valence-electron chi connectivity index (χ2n) is 5.90. The van der Waals surface area contributed by atoms with Crippen LogP contribution < -0.4 is 4.74 Å². The lowest BCUT2D eigenvalue weighted by molar-refractivity contribution is -0.105. The summed E-state index contributed by atoms with van der Waals surface area (Å²) >= 11 is 0.